The fourth-order valence-electron chi connectivity index (χ4n) is 1.63. The number of nitrogens with one attached hydrogen (secondary N) is 2. The van der Waals surface area contributed by atoms with Crippen molar-refractivity contribution in [3.63, 3.8) is 0 Å². The van der Waals surface area contributed by atoms with Crippen LogP contribution in [0.2, 0.25) is 0 Å². The van der Waals surface area contributed by atoms with Crippen molar-refractivity contribution >= 4 is 11.6 Å². The molecule has 1 aromatic carbocycles. The van der Waals surface area contributed by atoms with Gasteiger partial charge in [-0.25, -0.2) is 0 Å². The van der Waals surface area contributed by atoms with E-state index in [0.717, 1.165) is 12.3 Å². The Morgan fingerprint density at radius 2 is 1.76 bits per heavy atom. The fraction of sp³-hybridized carbons (Fsp3) is 0.0769. The molecule has 0 atom stereocenters. The third-order valence-corrected chi connectivity index (χ3v) is 2.60. The topological polar surface area (TPSA) is 68.1 Å². The number of alkyl halides is 3. The molecule has 2 rings (SSSR count). The number of pyridine rings is 1. The first-order valence-electron chi connectivity index (χ1n) is 5.80. The monoisotopic (exact) mass is 297 g/mol. The van der Waals surface area contributed by atoms with E-state index in [1.165, 1.54) is 36.4 Å². The molecule has 8 heteroatoms. The molecule has 0 spiro atoms. The number of para-hydroxylation sites is 1. The molecule has 0 aliphatic heterocycles. The SMILES string of the molecule is O=C(NNc1ccccc1C(F)(F)F)c1cccc[n+]1[O-]. The number of carbonyl (C=O) groups excluding carboxylic acids is 1. The van der Waals surface area contributed by atoms with Crippen LogP contribution in [0.5, 0.6) is 0 Å². The molecule has 0 aliphatic carbocycles. The van der Waals surface area contributed by atoms with Crippen molar-refractivity contribution in [3.8, 4) is 0 Å². The predicted octanol–water partition coefficient (Wildman–Crippen LogP) is 2.10. The second-order valence-electron chi connectivity index (χ2n) is 4.03. The van der Waals surface area contributed by atoms with E-state index < -0.39 is 17.6 Å². The summed E-state index contributed by atoms with van der Waals surface area (Å²) in [5, 5.41) is 11.3. The first-order valence-corrected chi connectivity index (χ1v) is 5.80. The minimum atomic E-state index is -4.56. The predicted molar refractivity (Wildman–Crippen MR) is 67.9 cm³/mol. The van der Waals surface area contributed by atoms with Crippen molar-refractivity contribution in [1.82, 2.24) is 5.43 Å². The van der Waals surface area contributed by atoms with Crippen LogP contribution in [0.3, 0.4) is 0 Å². The van der Waals surface area contributed by atoms with Gasteiger partial charge in [-0.15, -0.1) is 0 Å². The summed E-state index contributed by atoms with van der Waals surface area (Å²) in [5.41, 5.74) is 2.76. The Morgan fingerprint density at radius 3 is 2.43 bits per heavy atom. The summed E-state index contributed by atoms with van der Waals surface area (Å²) < 4.78 is 38.6. The summed E-state index contributed by atoms with van der Waals surface area (Å²) >= 11 is 0. The summed E-state index contributed by atoms with van der Waals surface area (Å²) in [5.74, 6) is -0.845. The van der Waals surface area contributed by atoms with Crippen molar-refractivity contribution in [2.24, 2.45) is 0 Å². The summed E-state index contributed by atoms with van der Waals surface area (Å²) in [6.45, 7) is 0. The van der Waals surface area contributed by atoms with Crippen LogP contribution in [0.4, 0.5) is 18.9 Å². The average molecular weight is 297 g/mol. The maximum atomic E-state index is 12.8. The highest BCUT2D eigenvalue weighted by Gasteiger charge is 2.33. The third-order valence-electron chi connectivity index (χ3n) is 2.60. The molecular formula is C13H10F3N3O2. The molecule has 1 aromatic heterocycles. The van der Waals surface area contributed by atoms with Crippen LogP contribution in [0.15, 0.2) is 48.7 Å². The molecule has 1 amide bonds. The van der Waals surface area contributed by atoms with E-state index in [-0.39, 0.29) is 11.4 Å². The standard InChI is InChI=1S/C13H10F3N3O2/c14-13(15,16)9-5-1-2-6-10(9)17-18-12(20)11-7-3-4-8-19(11)21/h1-8,17H,(H,18,20). The lowest BCUT2D eigenvalue weighted by Crippen LogP contribution is -2.41. The molecule has 110 valence electrons. The van der Waals surface area contributed by atoms with Crippen LogP contribution in [0.25, 0.3) is 0 Å². The smallest absolute Gasteiger partial charge is 0.418 e. The van der Waals surface area contributed by atoms with E-state index in [9.17, 15) is 23.2 Å². The quantitative estimate of drug-likeness (QED) is 0.518. The van der Waals surface area contributed by atoms with Gasteiger partial charge in [-0.2, -0.15) is 17.9 Å². The second kappa shape index (κ2) is 5.70. The van der Waals surface area contributed by atoms with Gasteiger partial charge in [-0.05, 0) is 18.2 Å². The second-order valence-corrected chi connectivity index (χ2v) is 4.03. The average Bonchev–Trinajstić information content (AvgIpc) is 2.44. The van der Waals surface area contributed by atoms with E-state index in [1.807, 2.05) is 0 Å². The summed E-state index contributed by atoms with van der Waals surface area (Å²) in [6, 6.07) is 8.81. The Labute approximate surface area is 117 Å². The van der Waals surface area contributed by atoms with Gasteiger partial charge in [0.1, 0.15) is 0 Å². The molecule has 0 aliphatic rings. The van der Waals surface area contributed by atoms with E-state index in [0.29, 0.717) is 4.73 Å². The molecule has 0 saturated carbocycles. The fourth-order valence-corrected chi connectivity index (χ4v) is 1.63. The van der Waals surface area contributed by atoms with Crippen LogP contribution in [-0.4, -0.2) is 5.91 Å². The Balaban J connectivity index is 2.14. The van der Waals surface area contributed by atoms with Gasteiger partial charge >= 0.3 is 12.1 Å². The van der Waals surface area contributed by atoms with E-state index in [2.05, 4.69) is 10.9 Å². The van der Waals surface area contributed by atoms with Crippen molar-refractivity contribution in [2.75, 3.05) is 5.43 Å². The highest BCUT2D eigenvalue weighted by atomic mass is 19.4. The Kier molecular flexibility index (Phi) is 3.97. The zero-order valence-electron chi connectivity index (χ0n) is 10.5. The minimum Gasteiger partial charge on any atom is -0.618 e. The number of halogens is 3. The number of hydrazine groups is 1. The van der Waals surface area contributed by atoms with Gasteiger partial charge in [0, 0.05) is 12.1 Å². The van der Waals surface area contributed by atoms with Crippen LogP contribution >= 0.6 is 0 Å². The van der Waals surface area contributed by atoms with E-state index in [1.54, 1.807) is 0 Å². The van der Waals surface area contributed by atoms with Gasteiger partial charge in [0.2, 0.25) is 0 Å². The van der Waals surface area contributed by atoms with E-state index >= 15 is 0 Å². The number of rotatable bonds is 3. The molecule has 0 unspecified atom stereocenters. The molecule has 0 saturated heterocycles. The van der Waals surface area contributed by atoms with Gasteiger partial charge in [0.15, 0.2) is 6.20 Å². The highest BCUT2D eigenvalue weighted by Crippen LogP contribution is 2.34. The molecular weight excluding hydrogens is 287 g/mol. The van der Waals surface area contributed by atoms with Gasteiger partial charge in [-0.3, -0.25) is 15.6 Å². The van der Waals surface area contributed by atoms with Gasteiger partial charge in [0.25, 0.3) is 5.69 Å². The zero-order chi connectivity index (χ0) is 15.5. The minimum absolute atomic E-state index is 0.241. The lowest BCUT2D eigenvalue weighted by Gasteiger charge is -2.14. The first-order chi connectivity index (χ1) is 9.89. The molecule has 0 bridgehead atoms. The number of carbonyl (C=O) groups is 1. The van der Waals surface area contributed by atoms with Crippen LogP contribution in [0, 0.1) is 5.21 Å². The highest BCUT2D eigenvalue weighted by molar-refractivity contribution is 5.91. The summed E-state index contributed by atoms with van der Waals surface area (Å²) in [7, 11) is 0. The Hall–Kier alpha value is -2.77. The molecule has 5 nitrogen and oxygen atoms in total. The molecule has 0 fully saturated rings. The maximum Gasteiger partial charge on any atom is 0.418 e. The lowest BCUT2D eigenvalue weighted by molar-refractivity contribution is -0.607. The number of anilines is 1. The van der Waals surface area contributed by atoms with Crippen molar-refractivity contribution < 1.29 is 22.7 Å². The van der Waals surface area contributed by atoms with Crippen LogP contribution < -0.4 is 15.6 Å². The van der Waals surface area contributed by atoms with Crippen LogP contribution in [-0.2, 0) is 6.18 Å². The molecule has 2 N–H and O–H groups in total. The van der Waals surface area contributed by atoms with Gasteiger partial charge in [0.05, 0.1) is 11.3 Å². The number of hydrogen-bond acceptors (Lipinski definition) is 3. The molecule has 21 heavy (non-hydrogen) atoms. The number of aromatic nitrogens is 1. The largest absolute Gasteiger partial charge is 0.618 e. The van der Waals surface area contributed by atoms with Crippen molar-refractivity contribution in [3.05, 3.63) is 65.1 Å². The van der Waals surface area contributed by atoms with Gasteiger partial charge in [-0.1, -0.05) is 12.1 Å². The van der Waals surface area contributed by atoms with Crippen molar-refractivity contribution in [2.45, 2.75) is 6.18 Å². The maximum absolute atomic E-state index is 12.8. The Morgan fingerprint density at radius 1 is 1.10 bits per heavy atom. The molecule has 0 radical (unpaired) electrons. The summed E-state index contributed by atoms with van der Waals surface area (Å²) in [4.78, 5) is 11.7. The lowest BCUT2D eigenvalue weighted by atomic mass is 10.2. The number of hydrogen-bond donors (Lipinski definition) is 2. The number of amides is 1. The zero-order valence-corrected chi connectivity index (χ0v) is 10.5. The van der Waals surface area contributed by atoms with Gasteiger partial charge < -0.3 is 5.21 Å². The Bertz CT molecular complexity index is 659. The number of benzene rings is 1. The van der Waals surface area contributed by atoms with Crippen LogP contribution in [0.1, 0.15) is 16.1 Å². The number of nitrogens with zero attached hydrogens (tertiary/aromatic N) is 1. The molecule has 2 aromatic rings. The summed E-state index contributed by atoms with van der Waals surface area (Å²) in [6.07, 6.45) is -3.45. The first kappa shape index (κ1) is 14.6. The molecule has 1 heterocycles. The van der Waals surface area contributed by atoms with E-state index in [4.69, 9.17) is 0 Å². The normalized spacial score (nSPS) is 11.0. The third kappa shape index (κ3) is 3.41. The van der Waals surface area contributed by atoms with Crippen molar-refractivity contribution in [1.29, 1.82) is 0 Å².